The second kappa shape index (κ2) is 8.94. The minimum Gasteiger partial charge on any atom is -0.507 e. The van der Waals surface area contributed by atoms with Crippen LogP contribution >= 0.6 is 0 Å². The molecule has 1 N–H and O–H groups in total. The lowest BCUT2D eigenvalue weighted by Gasteiger charge is -2.31. The van der Waals surface area contributed by atoms with Crippen molar-refractivity contribution in [3.8, 4) is 5.75 Å². The van der Waals surface area contributed by atoms with Gasteiger partial charge >= 0.3 is 0 Å². The van der Waals surface area contributed by atoms with Gasteiger partial charge in [-0.15, -0.1) is 0 Å². The van der Waals surface area contributed by atoms with Crippen molar-refractivity contribution in [2.75, 3.05) is 19.6 Å². The van der Waals surface area contributed by atoms with Gasteiger partial charge in [-0.05, 0) is 56.9 Å². The fourth-order valence-electron chi connectivity index (χ4n) is 3.30. The summed E-state index contributed by atoms with van der Waals surface area (Å²) < 4.78 is 0. The van der Waals surface area contributed by atoms with Crippen LogP contribution in [-0.4, -0.2) is 35.4 Å². The highest BCUT2D eigenvalue weighted by atomic mass is 16.3. The lowest BCUT2D eigenvalue weighted by molar-refractivity contribution is 0.0967. The van der Waals surface area contributed by atoms with E-state index in [4.69, 9.17) is 0 Å². The molecule has 1 aliphatic heterocycles. The molecule has 0 atom stereocenters. The number of unbranched alkanes of at least 4 members (excludes halogenated alkanes) is 1. The molecule has 3 heteroatoms. The summed E-state index contributed by atoms with van der Waals surface area (Å²) in [5, 5.41) is 9.70. The van der Waals surface area contributed by atoms with Crippen molar-refractivity contribution < 1.29 is 9.90 Å². The normalized spacial score (nSPS) is 16.8. The SMILES string of the molecule is CCCCC1CCN(CCCC(=O)c2ccccc2O)CC1. The number of likely N-dealkylation sites (tertiary alicyclic amines) is 1. The van der Waals surface area contributed by atoms with E-state index < -0.39 is 0 Å². The number of carbonyl (C=O) groups excluding carboxylic acids is 1. The van der Waals surface area contributed by atoms with Crippen molar-refractivity contribution in [1.82, 2.24) is 4.90 Å². The number of ketones is 1. The molecule has 0 aromatic heterocycles. The molecule has 1 fully saturated rings. The van der Waals surface area contributed by atoms with Crippen LogP contribution in [-0.2, 0) is 0 Å². The molecule has 2 rings (SSSR count). The van der Waals surface area contributed by atoms with Crippen LogP contribution in [0.3, 0.4) is 0 Å². The molecule has 3 nitrogen and oxygen atoms in total. The Morgan fingerprint density at radius 3 is 2.64 bits per heavy atom. The average molecular weight is 303 g/mol. The summed E-state index contributed by atoms with van der Waals surface area (Å²) in [6, 6.07) is 6.83. The number of nitrogens with zero attached hydrogens (tertiary/aromatic N) is 1. The zero-order chi connectivity index (χ0) is 15.8. The fourth-order valence-corrected chi connectivity index (χ4v) is 3.30. The topological polar surface area (TPSA) is 40.5 Å². The highest BCUT2D eigenvalue weighted by Crippen LogP contribution is 2.23. The van der Waals surface area contributed by atoms with Crippen LogP contribution in [0.4, 0.5) is 0 Å². The van der Waals surface area contributed by atoms with Gasteiger partial charge in [0.05, 0.1) is 5.56 Å². The Bertz CT molecular complexity index is 464. The zero-order valence-electron chi connectivity index (χ0n) is 13.8. The number of piperidine rings is 1. The summed E-state index contributed by atoms with van der Waals surface area (Å²) in [5.41, 5.74) is 0.459. The maximum absolute atomic E-state index is 12.1. The molecular formula is C19H29NO2. The van der Waals surface area contributed by atoms with E-state index in [0.29, 0.717) is 12.0 Å². The highest BCUT2D eigenvalue weighted by molar-refractivity contribution is 5.98. The third-order valence-corrected chi connectivity index (χ3v) is 4.76. The number of phenolic OH excluding ortho intramolecular Hbond substituents is 1. The Morgan fingerprint density at radius 1 is 1.23 bits per heavy atom. The lowest BCUT2D eigenvalue weighted by atomic mass is 9.91. The van der Waals surface area contributed by atoms with Crippen LogP contribution in [0.25, 0.3) is 0 Å². The summed E-state index contributed by atoms with van der Waals surface area (Å²) >= 11 is 0. The van der Waals surface area contributed by atoms with E-state index in [1.807, 2.05) is 0 Å². The Hall–Kier alpha value is -1.35. The lowest BCUT2D eigenvalue weighted by Crippen LogP contribution is -2.34. The summed E-state index contributed by atoms with van der Waals surface area (Å²) in [7, 11) is 0. The summed E-state index contributed by atoms with van der Waals surface area (Å²) in [5.74, 6) is 1.07. The van der Waals surface area contributed by atoms with Gasteiger partial charge in [-0.3, -0.25) is 4.79 Å². The van der Waals surface area contributed by atoms with Crippen LogP contribution < -0.4 is 0 Å². The minimum atomic E-state index is 0.0518. The molecule has 0 saturated carbocycles. The summed E-state index contributed by atoms with van der Waals surface area (Å²) in [6.07, 6.45) is 8.07. The molecule has 0 bridgehead atoms. The summed E-state index contributed by atoms with van der Waals surface area (Å²) in [4.78, 5) is 14.6. The first-order chi connectivity index (χ1) is 10.7. The van der Waals surface area contributed by atoms with Crippen molar-refractivity contribution in [2.24, 2.45) is 5.92 Å². The second-order valence-corrected chi connectivity index (χ2v) is 6.47. The predicted octanol–water partition coefficient (Wildman–Crippen LogP) is 4.26. The zero-order valence-corrected chi connectivity index (χ0v) is 13.8. The Balaban J connectivity index is 1.65. The largest absolute Gasteiger partial charge is 0.507 e. The van der Waals surface area contributed by atoms with Crippen LogP contribution in [0.15, 0.2) is 24.3 Å². The smallest absolute Gasteiger partial charge is 0.166 e. The van der Waals surface area contributed by atoms with Gasteiger partial charge in [0.15, 0.2) is 5.78 Å². The average Bonchev–Trinajstić information content (AvgIpc) is 2.54. The van der Waals surface area contributed by atoms with Gasteiger partial charge in [0.1, 0.15) is 5.75 Å². The molecule has 1 aliphatic rings. The minimum absolute atomic E-state index is 0.0518. The molecule has 0 radical (unpaired) electrons. The van der Waals surface area contributed by atoms with Gasteiger partial charge < -0.3 is 10.0 Å². The molecule has 0 spiro atoms. The van der Waals surface area contributed by atoms with Gasteiger partial charge in [-0.1, -0.05) is 38.3 Å². The van der Waals surface area contributed by atoms with Gasteiger partial charge in [0, 0.05) is 6.42 Å². The van der Waals surface area contributed by atoms with Crippen molar-refractivity contribution in [3.63, 3.8) is 0 Å². The molecule has 1 aromatic carbocycles. The second-order valence-electron chi connectivity index (χ2n) is 6.47. The molecular weight excluding hydrogens is 274 g/mol. The van der Waals surface area contributed by atoms with E-state index in [1.54, 1.807) is 24.3 Å². The van der Waals surface area contributed by atoms with Crippen molar-refractivity contribution in [2.45, 2.75) is 51.9 Å². The number of hydrogen-bond donors (Lipinski definition) is 1. The van der Waals surface area contributed by atoms with Gasteiger partial charge in [-0.2, -0.15) is 0 Å². The maximum atomic E-state index is 12.1. The van der Waals surface area contributed by atoms with E-state index in [9.17, 15) is 9.90 Å². The molecule has 0 amide bonds. The van der Waals surface area contributed by atoms with Gasteiger partial charge in [0.2, 0.25) is 0 Å². The molecule has 1 saturated heterocycles. The quantitative estimate of drug-likeness (QED) is 0.730. The standard InChI is InChI=1S/C19H29NO2/c1-2-3-7-16-11-14-20(15-12-16)13-6-10-19(22)17-8-4-5-9-18(17)21/h4-5,8-9,16,21H,2-3,6-7,10-15H2,1H3. The Labute approximate surface area is 134 Å². The van der Waals surface area contributed by atoms with Gasteiger partial charge in [0.25, 0.3) is 0 Å². The number of Topliss-reactive ketones (excluding diaryl/α,β-unsaturated/α-hetero) is 1. The van der Waals surface area contributed by atoms with Crippen LogP contribution in [0, 0.1) is 5.92 Å². The van der Waals surface area contributed by atoms with E-state index in [0.717, 1.165) is 18.9 Å². The van der Waals surface area contributed by atoms with Crippen LogP contribution in [0.1, 0.15) is 62.2 Å². The number of carbonyl (C=O) groups is 1. The van der Waals surface area contributed by atoms with E-state index in [-0.39, 0.29) is 11.5 Å². The molecule has 22 heavy (non-hydrogen) atoms. The summed E-state index contributed by atoms with van der Waals surface area (Å²) in [6.45, 7) is 5.62. The maximum Gasteiger partial charge on any atom is 0.166 e. The first-order valence-corrected chi connectivity index (χ1v) is 8.74. The van der Waals surface area contributed by atoms with Crippen LogP contribution in [0.2, 0.25) is 0 Å². The third-order valence-electron chi connectivity index (χ3n) is 4.76. The van der Waals surface area contributed by atoms with E-state index in [1.165, 1.54) is 45.2 Å². The number of benzene rings is 1. The van der Waals surface area contributed by atoms with Crippen molar-refractivity contribution in [3.05, 3.63) is 29.8 Å². The fraction of sp³-hybridized carbons (Fsp3) is 0.632. The number of phenols is 1. The first-order valence-electron chi connectivity index (χ1n) is 8.74. The predicted molar refractivity (Wildman–Crippen MR) is 90.4 cm³/mol. The van der Waals surface area contributed by atoms with Crippen molar-refractivity contribution in [1.29, 1.82) is 0 Å². The number of rotatable bonds is 8. The molecule has 1 aromatic rings. The first kappa shape index (κ1) is 17.0. The number of aromatic hydroxyl groups is 1. The molecule has 0 aliphatic carbocycles. The van der Waals surface area contributed by atoms with Crippen molar-refractivity contribution >= 4 is 5.78 Å². The molecule has 122 valence electrons. The monoisotopic (exact) mass is 303 g/mol. The third kappa shape index (κ3) is 5.13. The van der Waals surface area contributed by atoms with Gasteiger partial charge in [-0.25, -0.2) is 0 Å². The van der Waals surface area contributed by atoms with E-state index >= 15 is 0 Å². The number of hydrogen-bond acceptors (Lipinski definition) is 3. The Morgan fingerprint density at radius 2 is 1.95 bits per heavy atom. The molecule has 1 heterocycles. The van der Waals surface area contributed by atoms with Crippen LogP contribution in [0.5, 0.6) is 5.75 Å². The number of para-hydroxylation sites is 1. The highest BCUT2D eigenvalue weighted by Gasteiger charge is 2.18. The molecule has 0 unspecified atom stereocenters. The Kier molecular flexibility index (Phi) is 6.91. The van der Waals surface area contributed by atoms with E-state index in [2.05, 4.69) is 11.8 Å².